The molecule has 0 aliphatic rings. The Morgan fingerprint density at radius 2 is 2.05 bits per heavy atom. The van der Waals surface area contributed by atoms with Crippen LogP contribution >= 0.6 is 11.6 Å². The molecule has 0 spiro atoms. The number of nitrogens with zero attached hydrogens (tertiary/aromatic N) is 2. The number of hydrogen-bond acceptors (Lipinski definition) is 4. The predicted molar refractivity (Wildman–Crippen MR) is 78.2 cm³/mol. The number of anilines is 1. The molecule has 2 N–H and O–H groups in total. The summed E-state index contributed by atoms with van der Waals surface area (Å²) < 4.78 is 28.5. The van der Waals surface area contributed by atoms with Crippen molar-refractivity contribution in [2.24, 2.45) is 7.05 Å². The highest BCUT2D eigenvalue weighted by Crippen LogP contribution is 2.24. The third-order valence-electron chi connectivity index (χ3n) is 2.73. The Morgan fingerprint density at radius 3 is 2.65 bits per heavy atom. The van der Waals surface area contributed by atoms with Gasteiger partial charge in [-0.1, -0.05) is 29.8 Å². The molecule has 1 aromatic heterocycles. The predicted octanol–water partition coefficient (Wildman–Crippen LogP) is 1.59. The zero-order valence-corrected chi connectivity index (χ0v) is 12.7. The summed E-state index contributed by atoms with van der Waals surface area (Å²) in [6.45, 7) is 0.553. The summed E-state index contributed by atoms with van der Waals surface area (Å²) in [4.78, 5) is 0. The summed E-state index contributed by atoms with van der Waals surface area (Å²) in [6, 6.07) is 7.16. The van der Waals surface area contributed by atoms with E-state index in [1.807, 2.05) is 12.1 Å². The number of aromatic nitrogens is 2. The third-order valence-corrected chi connectivity index (χ3v) is 4.60. The minimum atomic E-state index is -3.78. The molecule has 0 unspecified atom stereocenters. The summed E-state index contributed by atoms with van der Waals surface area (Å²) in [5.41, 5.74) is 1.36. The number of benzene rings is 1. The molecule has 0 amide bonds. The first-order chi connectivity index (χ1) is 9.45. The van der Waals surface area contributed by atoms with Crippen molar-refractivity contribution in [1.29, 1.82) is 0 Å². The van der Waals surface area contributed by atoms with Crippen LogP contribution in [0.4, 0.5) is 5.69 Å². The van der Waals surface area contributed by atoms with E-state index >= 15 is 0 Å². The summed E-state index contributed by atoms with van der Waals surface area (Å²) in [5.74, 6) is 0. The van der Waals surface area contributed by atoms with Gasteiger partial charge in [0, 0.05) is 13.6 Å². The molecule has 0 aliphatic carbocycles. The third kappa shape index (κ3) is 2.95. The van der Waals surface area contributed by atoms with Gasteiger partial charge in [-0.15, -0.1) is 0 Å². The minimum Gasteiger partial charge on any atom is -0.316 e. The molecule has 20 heavy (non-hydrogen) atoms. The highest BCUT2D eigenvalue weighted by atomic mass is 35.5. The fourth-order valence-electron chi connectivity index (χ4n) is 1.86. The van der Waals surface area contributed by atoms with Gasteiger partial charge >= 0.3 is 0 Å². The van der Waals surface area contributed by atoms with Crippen LogP contribution < -0.4 is 10.0 Å². The normalized spacial score (nSPS) is 11.6. The number of sulfonamides is 1. The molecule has 0 aliphatic heterocycles. The summed E-state index contributed by atoms with van der Waals surface area (Å²) >= 11 is 5.88. The molecule has 0 fully saturated rings. The quantitative estimate of drug-likeness (QED) is 0.879. The second-order valence-corrected chi connectivity index (χ2v) is 6.22. The van der Waals surface area contributed by atoms with Gasteiger partial charge in [-0.3, -0.25) is 9.40 Å². The van der Waals surface area contributed by atoms with Crippen molar-refractivity contribution in [3.05, 3.63) is 41.0 Å². The van der Waals surface area contributed by atoms with Crippen LogP contribution in [0.15, 0.2) is 35.5 Å². The lowest BCUT2D eigenvalue weighted by Gasteiger charge is -2.12. The van der Waals surface area contributed by atoms with Crippen molar-refractivity contribution in [3.8, 4) is 0 Å². The van der Waals surface area contributed by atoms with Crippen molar-refractivity contribution < 1.29 is 8.42 Å². The molecule has 2 rings (SSSR count). The van der Waals surface area contributed by atoms with Crippen LogP contribution in [0.2, 0.25) is 5.02 Å². The number of rotatable bonds is 5. The number of para-hydroxylation sites is 1. The Balaban J connectivity index is 2.39. The van der Waals surface area contributed by atoms with Crippen LogP contribution in [0.25, 0.3) is 0 Å². The van der Waals surface area contributed by atoms with E-state index in [1.54, 1.807) is 19.2 Å². The van der Waals surface area contributed by atoms with E-state index in [-0.39, 0.29) is 10.0 Å². The van der Waals surface area contributed by atoms with E-state index in [0.717, 1.165) is 5.56 Å². The molecule has 0 atom stereocenters. The Bertz CT molecular complexity index is 692. The highest BCUT2D eigenvalue weighted by molar-refractivity contribution is 7.92. The molecule has 0 saturated carbocycles. The second kappa shape index (κ2) is 5.82. The van der Waals surface area contributed by atoms with E-state index in [0.29, 0.717) is 12.2 Å². The molecule has 1 aromatic carbocycles. The molecule has 108 valence electrons. The van der Waals surface area contributed by atoms with E-state index in [2.05, 4.69) is 15.1 Å². The molecular weight excluding hydrogens is 300 g/mol. The molecule has 2 aromatic rings. The van der Waals surface area contributed by atoms with Crippen LogP contribution in [0, 0.1) is 0 Å². The van der Waals surface area contributed by atoms with Gasteiger partial charge < -0.3 is 5.32 Å². The lowest BCUT2D eigenvalue weighted by molar-refractivity contribution is 0.582. The van der Waals surface area contributed by atoms with Crippen LogP contribution in [-0.2, 0) is 23.6 Å². The maximum Gasteiger partial charge on any atom is 0.280 e. The zero-order valence-electron chi connectivity index (χ0n) is 11.1. The molecular formula is C12H15ClN4O2S. The summed E-state index contributed by atoms with van der Waals surface area (Å²) in [7, 11) is -0.459. The van der Waals surface area contributed by atoms with Crippen molar-refractivity contribution >= 4 is 27.3 Å². The standard InChI is InChI=1S/C12H15ClN4O2S/c1-14-7-9-5-3-4-6-11(9)16-20(18,19)12-10(13)8-15-17(12)2/h3-6,8,14,16H,7H2,1-2H3. The van der Waals surface area contributed by atoms with Crippen LogP contribution in [-0.4, -0.2) is 25.2 Å². The van der Waals surface area contributed by atoms with Gasteiger partial charge in [0.05, 0.1) is 16.9 Å². The maximum atomic E-state index is 12.4. The van der Waals surface area contributed by atoms with Crippen molar-refractivity contribution in [2.45, 2.75) is 11.6 Å². The van der Waals surface area contributed by atoms with Gasteiger partial charge in [-0.05, 0) is 18.7 Å². The molecule has 0 saturated heterocycles. The lowest BCUT2D eigenvalue weighted by Crippen LogP contribution is -2.19. The lowest BCUT2D eigenvalue weighted by atomic mass is 10.2. The topological polar surface area (TPSA) is 76.0 Å². The SMILES string of the molecule is CNCc1ccccc1NS(=O)(=O)c1c(Cl)cnn1C. The van der Waals surface area contributed by atoms with Gasteiger partial charge in [0.2, 0.25) is 0 Å². The molecule has 0 bridgehead atoms. The van der Waals surface area contributed by atoms with Crippen molar-refractivity contribution in [1.82, 2.24) is 15.1 Å². The Morgan fingerprint density at radius 1 is 1.35 bits per heavy atom. The highest BCUT2D eigenvalue weighted by Gasteiger charge is 2.23. The molecule has 8 heteroatoms. The van der Waals surface area contributed by atoms with E-state index in [9.17, 15) is 8.42 Å². The van der Waals surface area contributed by atoms with Crippen LogP contribution in [0.1, 0.15) is 5.56 Å². The molecule has 0 radical (unpaired) electrons. The van der Waals surface area contributed by atoms with Crippen molar-refractivity contribution in [3.63, 3.8) is 0 Å². The Hall–Kier alpha value is -1.57. The monoisotopic (exact) mass is 314 g/mol. The molecule has 6 nitrogen and oxygen atoms in total. The largest absolute Gasteiger partial charge is 0.316 e. The zero-order chi connectivity index (χ0) is 14.8. The van der Waals surface area contributed by atoms with E-state index in [4.69, 9.17) is 11.6 Å². The first-order valence-electron chi connectivity index (χ1n) is 5.88. The van der Waals surface area contributed by atoms with Gasteiger partial charge in [-0.25, -0.2) is 0 Å². The molecule has 1 heterocycles. The fourth-order valence-corrected chi connectivity index (χ4v) is 3.62. The van der Waals surface area contributed by atoms with Gasteiger partial charge in [0.25, 0.3) is 10.0 Å². The van der Waals surface area contributed by atoms with Gasteiger partial charge in [0.15, 0.2) is 5.03 Å². The summed E-state index contributed by atoms with van der Waals surface area (Å²) in [5, 5.41) is 6.86. The number of hydrogen-bond donors (Lipinski definition) is 2. The maximum absolute atomic E-state index is 12.4. The Kier molecular flexibility index (Phi) is 4.32. The first-order valence-corrected chi connectivity index (χ1v) is 7.74. The van der Waals surface area contributed by atoms with Gasteiger partial charge in [0.1, 0.15) is 0 Å². The fraction of sp³-hybridized carbons (Fsp3) is 0.250. The first kappa shape index (κ1) is 14.8. The number of aryl methyl sites for hydroxylation is 1. The smallest absolute Gasteiger partial charge is 0.280 e. The minimum absolute atomic E-state index is 0.0570. The second-order valence-electron chi connectivity index (χ2n) is 4.21. The number of nitrogens with one attached hydrogen (secondary N) is 2. The van der Waals surface area contributed by atoms with E-state index < -0.39 is 10.0 Å². The van der Waals surface area contributed by atoms with Crippen molar-refractivity contribution in [2.75, 3.05) is 11.8 Å². The van der Waals surface area contributed by atoms with Gasteiger partial charge in [-0.2, -0.15) is 13.5 Å². The summed E-state index contributed by atoms with van der Waals surface area (Å²) in [6.07, 6.45) is 1.30. The number of halogens is 1. The van der Waals surface area contributed by atoms with E-state index in [1.165, 1.54) is 17.9 Å². The average Bonchev–Trinajstić information content (AvgIpc) is 2.72. The van der Waals surface area contributed by atoms with Crippen LogP contribution in [0.3, 0.4) is 0 Å². The average molecular weight is 315 g/mol. The Labute approximate surface area is 122 Å². The van der Waals surface area contributed by atoms with Crippen LogP contribution in [0.5, 0.6) is 0 Å².